The lowest BCUT2D eigenvalue weighted by atomic mass is 9.99. The van der Waals surface area contributed by atoms with Crippen LogP contribution in [0.4, 0.5) is 0 Å². The number of H-pyrrole nitrogens is 1. The van der Waals surface area contributed by atoms with Gasteiger partial charge in [0.15, 0.2) is 0 Å². The van der Waals surface area contributed by atoms with Gasteiger partial charge in [-0.15, -0.1) is 0 Å². The third-order valence-corrected chi connectivity index (χ3v) is 3.91. The summed E-state index contributed by atoms with van der Waals surface area (Å²) >= 11 is 0. The quantitative estimate of drug-likeness (QED) is 0.913. The summed E-state index contributed by atoms with van der Waals surface area (Å²) in [7, 11) is 0. The summed E-state index contributed by atoms with van der Waals surface area (Å²) in [5, 5.41) is 0. The number of aromatic amines is 1. The van der Waals surface area contributed by atoms with Crippen molar-refractivity contribution in [2.75, 3.05) is 13.1 Å². The molecule has 2 aromatic rings. The first-order valence-electron chi connectivity index (χ1n) is 7.45. The average Bonchev–Trinajstić information content (AvgIpc) is 2.58. The number of nitrogens with zero attached hydrogens (tertiary/aromatic N) is 2. The van der Waals surface area contributed by atoms with Crippen molar-refractivity contribution in [3.05, 3.63) is 75.1 Å². The van der Waals surface area contributed by atoms with E-state index in [0.717, 1.165) is 6.42 Å². The molecule has 0 saturated carbocycles. The van der Waals surface area contributed by atoms with E-state index in [1.807, 2.05) is 24.3 Å². The molecule has 0 aliphatic carbocycles. The fourth-order valence-electron chi connectivity index (χ4n) is 2.62. The molecule has 0 bridgehead atoms. The van der Waals surface area contributed by atoms with Gasteiger partial charge in [-0.05, 0) is 17.6 Å². The number of carbonyl (C=O) groups is 1. The lowest BCUT2D eigenvalue weighted by molar-refractivity contribution is -0.131. The van der Waals surface area contributed by atoms with Crippen molar-refractivity contribution in [3.8, 4) is 0 Å². The number of hydrogen-bond donors (Lipinski definition) is 1. The van der Waals surface area contributed by atoms with Crippen molar-refractivity contribution in [3.63, 3.8) is 0 Å². The van der Waals surface area contributed by atoms with Gasteiger partial charge < -0.3 is 4.90 Å². The fourth-order valence-corrected chi connectivity index (χ4v) is 2.62. The van der Waals surface area contributed by atoms with Gasteiger partial charge in [-0.2, -0.15) is 0 Å². The third kappa shape index (κ3) is 3.48. The van der Waals surface area contributed by atoms with Crippen LogP contribution in [-0.2, 0) is 11.3 Å². The molecule has 0 fully saturated rings. The molecule has 0 radical (unpaired) electrons. The van der Waals surface area contributed by atoms with Gasteiger partial charge in [0.2, 0.25) is 5.91 Å². The molecule has 6 nitrogen and oxygen atoms in total. The maximum Gasteiger partial charge on any atom is 0.328 e. The first-order chi connectivity index (χ1) is 11.1. The van der Waals surface area contributed by atoms with Gasteiger partial charge in [0.1, 0.15) is 6.54 Å². The second kappa shape index (κ2) is 6.48. The number of hydrogen-bond acceptors (Lipinski definition) is 3. The van der Waals surface area contributed by atoms with Gasteiger partial charge in [0, 0.05) is 25.4 Å². The smallest absolute Gasteiger partial charge is 0.328 e. The molecule has 0 saturated heterocycles. The molecule has 0 unspecified atom stereocenters. The molecule has 0 spiro atoms. The maximum atomic E-state index is 12.3. The summed E-state index contributed by atoms with van der Waals surface area (Å²) in [6, 6.07) is 11.3. The van der Waals surface area contributed by atoms with Crippen molar-refractivity contribution < 1.29 is 4.79 Å². The van der Waals surface area contributed by atoms with Gasteiger partial charge in [-0.25, -0.2) is 4.79 Å². The van der Waals surface area contributed by atoms with Crippen LogP contribution < -0.4 is 11.2 Å². The van der Waals surface area contributed by atoms with Crippen LogP contribution in [0.5, 0.6) is 0 Å². The van der Waals surface area contributed by atoms with Crippen molar-refractivity contribution in [1.29, 1.82) is 0 Å². The lowest BCUT2D eigenvalue weighted by Crippen LogP contribution is -2.40. The predicted molar refractivity (Wildman–Crippen MR) is 86.9 cm³/mol. The topological polar surface area (TPSA) is 75.2 Å². The van der Waals surface area contributed by atoms with E-state index < -0.39 is 11.2 Å². The van der Waals surface area contributed by atoms with Crippen LogP contribution in [0, 0.1) is 0 Å². The Morgan fingerprint density at radius 2 is 1.91 bits per heavy atom. The number of amides is 1. The van der Waals surface area contributed by atoms with Crippen LogP contribution in [-0.4, -0.2) is 33.4 Å². The van der Waals surface area contributed by atoms with Gasteiger partial charge in [-0.1, -0.05) is 36.4 Å². The second-order valence-electron chi connectivity index (χ2n) is 5.42. The van der Waals surface area contributed by atoms with Crippen molar-refractivity contribution >= 4 is 11.5 Å². The Morgan fingerprint density at radius 1 is 1.13 bits per heavy atom. The van der Waals surface area contributed by atoms with Crippen LogP contribution in [0.2, 0.25) is 0 Å². The van der Waals surface area contributed by atoms with Crippen molar-refractivity contribution in [1.82, 2.24) is 14.5 Å². The highest BCUT2D eigenvalue weighted by molar-refractivity contribution is 5.78. The summed E-state index contributed by atoms with van der Waals surface area (Å²) in [5.41, 5.74) is 1.38. The first-order valence-corrected chi connectivity index (χ1v) is 7.45. The Kier molecular flexibility index (Phi) is 4.23. The molecule has 1 aliphatic rings. The second-order valence-corrected chi connectivity index (χ2v) is 5.42. The summed E-state index contributed by atoms with van der Waals surface area (Å²) in [6.45, 7) is 1.09. The number of carbonyl (C=O) groups excluding carboxylic acids is 1. The Hall–Kier alpha value is -2.89. The van der Waals surface area contributed by atoms with E-state index in [2.05, 4.69) is 17.1 Å². The molecule has 1 aliphatic heterocycles. The number of rotatable bonds is 3. The normalized spacial score (nSPS) is 14.4. The maximum absolute atomic E-state index is 12.3. The average molecular weight is 311 g/mol. The first kappa shape index (κ1) is 15.0. The van der Waals surface area contributed by atoms with Gasteiger partial charge >= 0.3 is 5.69 Å². The van der Waals surface area contributed by atoms with Gasteiger partial charge in [0.05, 0.1) is 0 Å². The Morgan fingerprint density at radius 3 is 2.57 bits per heavy atom. The van der Waals surface area contributed by atoms with E-state index in [4.69, 9.17) is 0 Å². The standard InChI is InChI=1S/C17H17N3O3/c21-15-8-11-20(17(23)18-15)12-16(22)19-9-6-14(7-10-19)13-4-2-1-3-5-13/h1-6,8,11H,7,9-10,12H2,(H,18,21,23). The zero-order chi connectivity index (χ0) is 16.2. The van der Waals surface area contributed by atoms with Crippen LogP contribution in [0.25, 0.3) is 5.57 Å². The van der Waals surface area contributed by atoms with E-state index >= 15 is 0 Å². The van der Waals surface area contributed by atoms with Crippen LogP contribution >= 0.6 is 0 Å². The minimum atomic E-state index is -0.566. The number of nitrogens with one attached hydrogen (secondary N) is 1. The molecule has 1 aromatic carbocycles. The van der Waals surface area contributed by atoms with E-state index in [9.17, 15) is 14.4 Å². The summed E-state index contributed by atoms with van der Waals surface area (Å²) in [5.74, 6) is -0.137. The molecule has 2 heterocycles. The highest BCUT2D eigenvalue weighted by atomic mass is 16.2. The number of benzene rings is 1. The molecule has 1 aromatic heterocycles. The number of aromatic nitrogens is 2. The fraction of sp³-hybridized carbons (Fsp3) is 0.235. The zero-order valence-corrected chi connectivity index (χ0v) is 12.6. The molecule has 3 rings (SSSR count). The minimum absolute atomic E-state index is 0.0654. The molecular formula is C17H17N3O3. The van der Waals surface area contributed by atoms with Crippen LogP contribution in [0.1, 0.15) is 12.0 Å². The lowest BCUT2D eigenvalue weighted by Gasteiger charge is -2.27. The molecule has 23 heavy (non-hydrogen) atoms. The molecule has 118 valence electrons. The van der Waals surface area contributed by atoms with Gasteiger partial charge in [0.25, 0.3) is 5.56 Å². The molecule has 6 heteroatoms. The Labute approximate surface area is 132 Å². The van der Waals surface area contributed by atoms with Gasteiger partial charge in [-0.3, -0.25) is 19.1 Å². The van der Waals surface area contributed by atoms with Crippen LogP contribution in [0.3, 0.4) is 0 Å². The monoisotopic (exact) mass is 311 g/mol. The highest BCUT2D eigenvalue weighted by Gasteiger charge is 2.18. The largest absolute Gasteiger partial charge is 0.337 e. The molecule has 1 N–H and O–H groups in total. The molecule has 0 atom stereocenters. The molecular weight excluding hydrogens is 294 g/mol. The zero-order valence-electron chi connectivity index (χ0n) is 12.6. The minimum Gasteiger partial charge on any atom is -0.337 e. The van der Waals surface area contributed by atoms with E-state index in [1.165, 1.54) is 28.0 Å². The Bertz CT molecular complexity index is 849. The van der Waals surface area contributed by atoms with E-state index in [-0.39, 0.29) is 12.5 Å². The summed E-state index contributed by atoms with van der Waals surface area (Å²) < 4.78 is 1.21. The Balaban J connectivity index is 1.67. The molecule has 1 amide bonds. The van der Waals surface area contributed by atoms with Crippen molar-refractivity contribution in [2.24, 2.45) is 0 Å². The van der Waals surface area contributed by atoms with Crippen molar-refractivity contribution in [2.45, 2.75) is 13.0 Å². The third-order valence-electron chi connectivity index (χ3n) is 3.91. The highest BCUT2D eigenvalue weighted by Crippen LogP contribution is 2.21. The van der Waals surface area contributed by atoms with E-state index in [1.54, 1.807) is 4.90 Å². The predicted octanol–water partition coefficient (Wildman–Crippen LogP) is 0.853. The van der Waals surface area contributed by atoms with E-state index in [0.29, 0.717) is 13.1 Å². The summed E-state index contributed by atoms with van der Waals surface area (Å²) in [6.07, 6.45) is 4.18. The summed E-state index contributed by atoms with van der Waals surface area (Å²) in [4.78, 5) is 38.8. The van der Waals surface area contributed by atoms with Crippen LogP contribution in [0.15, 0.2) is 58.3 Å². The SMILES string of the molecule is O=C(Cn1ccc(=O)[nH]c1=O)N1CC=C(c2ccccc2)CC1.